The highest BCUT2D eigenvalue weighted by atomic mass is 35.5. The van der Waals surface area contributed by atoms with Crippen molar-refractivity contribution >= 4 is 35.1 Å². The number of benzene rings is 1. The fourth-order valence-electron chi connectivity index (χ4n) is 2.32. The van der Waals surface area contributed by atoms with Crippen LogP contribution in [-0.2, 0) is 17.8 Å². The second-order valence-electron chi connectivity index (χ2n) is 4.77. The van der Waals surface area contributed by atoms with Gasteiger partial charge in [-0.2, -0.15) is 0 Å². The number of rotatable bonds is 2. The Bertz CT molecular complexity index is 563. The number of carbonyl (C=O) groups is 2. The first-order chi connectivity index (χ1) is 9.38. The molecule has 0 bridgehead atoms. The van der Waals surface area contributed by atoms with Crippen LogP contribution in [-0.4, -0.2) is 29.4 Å². The summed E-state index contributed by atoms with van der Waals surface area (Å²) in [5.74, 6) is -0.180. The van der Waals surface area contributed by atoms with Crippen molar-refractivity contribution < 1.29 is 9.59 Å². The molecule has 1 aromatic rings. The van der Waals surface area contributed by atoms with E-state index in [4.69, 9.17) is 28.9 Å². The molecular formula is C13H15Cl2N3O2. The number of nitrogens with two attached hydrogens (primary N) is 1. The van der Waals surface area contributed by atoms with E-state index in [0.717, 1.165) is 11.1 Å². The zero-order valence-electron chi connectivity index (χ0n) is 11.0. The Morgan fingerprint density at radius 1 is 1.40 bits per heavy atom. The van der Waals surface area contributed by atoms with Crippen molar-refractivity contribution in [3.63, 3.8) is 0 Å². The minimum Gasteiger partial charge on any atom is -0.352 e. The van der Waals surface area contributed by atoms with Gasteiger partial charge in [0.25, 0.3) is 0 Å². The van der Waals surface area contributed by atoms with Crippen molar-refractivity contribution in [3.05, 3.63) is 33.3 Å². The first-order valence-corrected chi connectivity index (χ1v) is 6.95. The molecule has 3 N–H and O–H groups in total. The van der Waals surface area contributed by atoms with Gasteiger partial charge in [-0.3, -0.25) is 4.79 Å². The fourth-order valence-corrected chi connectivity index (χ4v) is 2.91. The molecule has 108 valence electrons. The zero-order chi connectivity index (χ0) is 14.9. The van der Waals surface area contributed by atoms with Crippen LogP contribution in [0.25, 0.3) is 0 Å². The molecule has 0 aromatic heterocycles. The highest BCUT2D eigenvalue weighted by Crippen LogP contribution is 2.30. The first kappa shape index (κ1) is 14.9. The number of carbonyl (C=O) groups excluding carboxylic acids is 2. The summed E-state index contributed by atoms with van der Waals surface area (Å²) in [5, 5.41) is 3.53. The summed E-state index contributed by atoms with van der Waals surface area (Å²) in [6.07, 6.45) is 0.685. The van der Waals surface area contributed by atoms with Crippen molar-refractivity contribution in [1.82, 2.24) is 10.2 Å². The van der Waals surface area contributed by atoms with Crippen molar-refractivity contribution in [2.75, 3.05) is 6.54 Å². The predicted octanol–water partition coefficient (Wildman–Crippen LogP) is 1.93. The third-order valence-electron chi connectivity index (χ3n) is 3.29. The number of primary amides is 1. The molecule has 0 spiro atoms. The Morgan fingerprint density at radius 3 is 2.75 bits per heavy atom. The lowest BCUT2D eigenvalue weighted by molar-refractivity contribution is -0.133. The standard InChI is InChI=1S/C13H15Cl2N3O2/c1-7(17-13(16)20)12(19)18-3-2-8-4-9(14)5-11(15)10(8)6-18/h4-5,7H,2-3,6H2,1H3,(H3,16,17,20)/t7-/m1/s1. The predicted molar refractivity (Wildman–Crippen MR) is 77.8 cm³/mol. The van der Waals surface area contributed by atoms with Gasteiger partial charge in [0.15, 0.2) is 0 Å². The normalized spacial score (nSPS) is 15.4. The fraction of sp³-hybridized carbons (Fsp3) is 0.385. The number of amides is 3. The van der Waals surface area contributed by atoms with E-state index >= 15 is 0 Å². The van der Waals surface area contributed by atoms with E-state index in [0.29, 0.717) is 29.6 Å². The molecule has 1 aromatic carbocycles. The zero-order valence-corrected chi connectivity index (χ0v) is 12.5. The van der Waals surface area contributed by atoms with Crippen LogP contribution in [0.2, 0.25) is 10.0 Å². The number of nitrogens with zero attached hydrogens (tertiary/aromatic N) is 1. The van der Waals surface area contributed by atoms with Gasteiger partial charge in [0.2, 0.25) is 5.91 Å². The van der Waals surface area contributed by atoms with Crippen LogP contribution < -0.4 is 11.1 Å². The van der Waals surface area contributed by atoms with E-state index in [9.17, 15) is 9.59 Å². The van der Waals surface area contributed by atoms with Crippen LogP contribution in [0.5, 0.6) is 0 Å². The topological polar surface area (TPSA) is 75.4 Å². The molecule has 20 heavy (non-hydrogen) atoms. The summed E-state index contributed by atoms with van der Waals surface area (Å²) < 4.78 is 0. The van der Waals surface area contributed by atoms with Gasteiger partial charge in [0, 0.05) is 23.1 Å². The van der Waals surface area contributed by atoms with E-state index in [2.05, 4.69) is 5.32 Å². The van der Waals surface area contributed by atoms with Crippen LogP contribution in [0.4, 0.5) is 4.79 Å². The molecule has 0 aliphatic carbocycles. The van der Waals surface area contributed by atoms with Crippen molar-refractivity contribution in [2.45, 2.75) is 25.9 Å². The van der Waals surface area contributed by atoms with Crippen LogP contribution in [0.3, 0.4) is 0 Å². The number of fused-ring (bicyclic) bond motifs is 1. The minimum absolute atomic E-state index is 0.180. The number of hydrogen-bond donors (Lipinski definition) is 2. The lowest BCUT2D eigenvalue weighted by Crippen LogP contribution is -2.49. The van der Waals surface area contributed by atoms with Crippen LogP contribution in [0.15, 0.2) is 12.1 Å². The molecule has 1 atom stereocenters. The minimum atomic E-state index is -0.715. The molecule has 2 rings (SSSR count). The van der Waals surface area contributed by atoms with Gasteiger partial charge in [-0.1, -0.05) is 23.2 Å². The molecule has 0 saturated heterocycles. The quantitative estimate of drug-likeness (QED) is 0.875. The van der Waals surface area contributed by atoms with Crippen LogP contribution in [0, 0.1) is 0 Å². The summed E-state index contributed by atoms with van der Waals surface area (Å²) in [6, 6.07) is 2.17. The summed E-state index contributed by atoms with van der Waals surface area (Å²) in [4.78, 5) is 24.7. The second kappa shape index (κ2) is 5.89. The third kappa shape index (κ3) is 3.16. The van der Waals surface area contributed by atoms with E-state index in [1.165, 1.54) is 0 Å². The molecule has 0 saturated carbocycles. The maximum Gasteiger partial charge on any atom is 0.312 e. The van der Waals surface area contributed by atoms with Gasteiger partial charge in [-0.05, 0) is 36.6 Å². The summed E-state index contributed by atoms with van der Waals surface area (Å²) in [5.41, 5.74) is 6.98. The van der Waals surface area contributed by atoms with Gasteiger partial charge in [0.1, 0.15) is 6.04 Å². The average Bonchev–Trinajstić information content (AvgIpc) is 2.36. The van der Waals surface area contributed by atoms with E-state index in [1.807, 2.05) is 6.07 Å². The van der Waals surface area contributed by atoms with E-state index < -0.39 is 12.1 Å². The average molecular weight is 316 g/mol. The Kier molecular flexibility index (Phi) is 4.40. The van der Waals surface area contributed by atoms with Crippen LogP contribution >= 0.6 is 23.2 Å². The van der Waals surface area contributed by atoms with Crippen molar-refractivity contribution in [2.24, 2.45) is 5.73 Å². The molecule has 0 fully saturated rings. The van der Waals surface area contributed by atoms with E-state index in [1.54, 1.807) is 17.9 Å². The first-order valence-electron chi connectivity index (χ1n) is 6.20. The lowest BCUT2D eigenvalue weighted by atomic mass is 9.99. The summed E-state index contributed by atoms with van der Waals surface area (Å²) in [7, 11) is 0. The molecular weight excluding hydrogens is 301 g/mol. The monoisotopic (exact) mass is 315 g/mol. The maximum atomic E-state index is 12.2. The highest BCUT2D eigenvalue weighted by molar-refractivity contribution is 6.35. The van der Waals surface area contributed by atoms with Gasteiger partial charge in [-0.25, -0.2) is 4.79 Å². The van der Waals surface area contributed by atoms with Crippen LogP contribution in [0.1, 0.15) is 18.1 Å². The number of halogens is 2. The van der Waals surface area contributed by atoms with Gasteiger partial charge in [0.05, 0.1) is 0 Å². The molecule has 1 heterocycles. The molecule has 0 unspecified atom stereocenters. The highest BCUT2D eigenvalue weighted by Gasteiger charge is 2.26. The van der Waals surface area contributed by atoms with Gasteiger partial charge in [-0.15, -0.1) is 0 Å². The Hall–Kier alpha value is -1.46. The number of urea groups is 1. The third-order valence-corrected chi connectivity index (χ3v) is 3.85. The Balaban J connectivity index is 2.15. The second-order valence-corrected chi connectivity index (χ2v) is 5.61. The number of hydrogen-bond acceptors (Lipinski definition) is 2. The molecule has 7 heteroatoms. The van der Waals surface area contributed by atoms with Gasteiger partial charge >= 0.3 is 6.03 Å². The van der Waals surface area contributed by atoms with E-state index in [-0.39, 0.29) is 5.91 Å². The largest absolute Gasteiger partial charge is 0.352 e. The molecule has 1 aliphatic heterocycles. The van der Waals surface area contributed by atoms with Crippen molar-refractivity contribution in [3.8, 4) is 0 Å². The molecule has 0 radical (unpaired) electrons. The maximum absolute atomic E-state index is 12.2. The Morgan fingerprint density at radius 2 is 2.10 bits per heavy atom. The number of nitrogens with one attached hydrogen (secondary N) is 1. The van der Waals surface area contributed by atoms with Gasteiger partial charge < -0.3 is 16.0 Å². The molecule has 1 aliphatic rings. The SMILES string of the molecule is C[C@@H](NC(N)=O)C(=O)N1CCc2cc(Cl)cc(Cl)c2C1. The molecule has 5 nitrogen and oxygen atoms in total. The summed E-state index contributed by atoms with van der Waals surface area (Å²) >= 11 is 12.1. The smallest absolute Gasteiger partial charge is 0.312 e. The Labute approximate surface area is 127 Å². The molecule has 3 amide bonds. The summed E-state index contributed by atoms with van der Waals surface area (Å²) in [6.45, 7) is 2.58. The lowest BCUT2D eigenvalue weighted by Gasteiger charge is -2.31. The van der Waals surface area contributed by atoms with Crippen molar-refractivity contribution in [1.29, 1.82) is 0 Å².